The Balaban J connectivity index is 2.08. The van der Waals surface area contributed by atoms with Gasteiger partial charge in [-0.25, -0.2) is 4.79 Å². The first kappa shape index (κ1) is 9.56. The third-order valence-corrected chi connectivity index (χ3v) is 3.17. The van der Waals surface area contributed by atoms with Crippen LogP contribution in [0.15, 0.2) is 11.8 Å². The van der Waals surface area contributed by atoms with Gasteiger partial charge in [-0.05, 0) is 38.5 Å². The van der Waals surface area contributed by atoms with Crippen molar-refractivity contribution in [1.82, 2.24) is 4.90 Å². The lowest BCUT2D eigenvalue weighted by Gasteiger charge is -2.28. The van der Waals surface area contributed by atoms with E-state index >= 15 is 0 Å². The van der Waals surface area contributed by atoms with Gasteiger partial charge in [-0.15, -0.1) is 0 Å². The second kappa shape index (κ2) is 4.03. The van der Waals surface area contributed by atoms with Crippen LogP contribution in [0.3, 0.4) is 0 Å². The summed E-state index contributed by atoms with van der Waals surface area (Å²) < 4.78 is 0. The van der Waals surface area contributed by atoms with E-state index in [0.717, 1.165) is 32.2 Å². The van der Waals surface area contributed by atoms with Gasteiger partial charge in [0.25, 0.3) is 0 Å². The molecule has 2 aliphatic rings. The van der Waals surface area contributed by atoms with Crippen LogP contribution in [0.4, 0.5) is 0 Å². The van der Waals surface area contributed by atoms with Gasteiger partial charge in [-0.2, -0.15) is 0 Å². The summed E-state index contributed by atoms with van der Waals surface area (Å²) >= 11 is 0. The first-order valence-electron chi connectivity index (χ1n) is 5.47. The summed E-state index contributed by atoms with van der Waals surface area (Å²) in [4.78, 5) is 13.1. The van der Waals surface area contributed by atoms with Crippen molar-refractivity contribution in [2.45, 2.75) is 44.6 Å². The maximum atomic E-state index is 11.0. The Bertz CT molecular complexity index is 260. The van der Waals surface area contributed by atoms with E-state index in [0.29, 0.717) is 0 Å². The quantitative estimate of drug-likeness (QED) is 0.732. The summed E-state index contributed by atoms with van der Waals surface area (Å²) in [5.74, 6) is -0.658. The van der Waals surface area contributed by atoms with Crippen LogP contribution >= 0.6 is 0 Å². The average molecular weight is 195 g/mol. The third kappa shape index (κ3) is 1.76. The van der Waals surface area contributed by atoms with E-state index in [1.807, 2.05) is 0 Å². The summed E-state index contributed by atoms with van der Waals surface area (Å²) in [6.45, 7) is 0.933. The van der Waals surface area contributed by atoms with Crippen LogP contribution in [0.2, 0.25) is 0 Å². The highest BCUT2D eigenvalue weighted by Gasteiger charge is 2.31. The number of carbonyl (C=O) groups is 1. The molecule has 0 bridgehead atoms. The van der Waals surface area contributed by atoms with Gasteiger partial charge in [0.2, 0.25) is 0 Å². The van der Waals surface area contributed by atoms with Crippen molar-refractivity contribution in [2.75, 3.05) is 6.54 Å². The molecule has 0 aromatic carbocycles. The molecule has 1 N–H and O–H groups in total. The minimum atomic E-state index is -0.658. The van der Waals surface area contributed by atoms with Crippen molar-refractivity contribution < 1.29 is 9.90 Å². The highest BCUT2D eigenvalue weighted by Crippen LogP contribution is 2.28. The van der Waals surface area contributed by atoms with Crippen molar-refractivity contribution in [3.05, 3.63) is 11.8 Å². The number of allylic oxidation sites excluding steroid dienone is 2. The summed E-state index contributed by atoms with van der Waals surface area (Å²) in [7, 11) is 0. The fourth-order valence-corrected chi connectivity index (χ4v) is 2.45. The zero-order valence-corrected chi connectivity index (χ0v) is 8.41. The maximum absolute atomic E-state index is 11.0. The van der Waals surface area contributed by atoms with Crippen molar-refractivity contribution >= 4 is 5.97 Å². The molecule has 3 heteroatoms. The van der Waals surface area contributed by atoms with Gasteiger partial charge in [-0.1, -0.05) is 6.08 Å². The van der Waals surface area contributed by atoms with Gasteiger partial charge in [0.05, 0.1) is 0 Å². The van der Waals surface area contributed by atoms with Gasteiger partial charge in [-0.3, -0.25) is 0 Å². The zero-order valence-electron chi connectivity index (χ0n) is 8.41. The van der Waals surface area contributed by atoms with Gasteiger partial charge < -0.3 is 10.0 Å². The minimum absolute atomic E-state index is 0.251. The van der Waals surface area contributed by atoms with Gasteiger partial charge in [0.15, 0.2) is 0 Å². The van der Waals surface area contributed by atoms with Crippen LogP contribution < -0.4 is 0 Å². The molecule has 0 aromatic heterocycles. The number of likely N-dealkylation sites (tertiary alicyclic amines) is 1. The highest BCUT2D eigenvalue weighted by atomic mass is 16.4. The number of nitrogens with zero attached hydrogens (tertiary/aromatic N) is 1. The minimum Gasteiger partial charge on any atom is -0.480 e. The molecular formula is C11H17NO2. The van der Waals surface area contributed by atoms with Crippen LogP contribution in [0.5, 0.6) is 0 Å². The maximum Gasteiger partial charge on any atom is 0.326 e. The summed E-state index contributed by atoms with van der Waals surface area (Å²) in [6.07, 6.45) is 8.73. The summed E-state index contributed by atoms with van der Waals surface area (Å²) in [5, 5.41) is 9.05. The first-order valence-corrected chi connectivity index (χ1v) is 5.47. The molecule has 1 aliphatic heterocycles. The molecule has 1 fully saturated rings. The molecule has 1 atom stereocenters. The zero-order chi connectivity index (χ0) is 9.97. The Morgan fingerprint density at radius 3 is 2.93 bits per heavy atom. The summed E-state index contributed by atoms with van der Waals surface area (Å²) in [6, 6.07) is -0.251. The van der Waals surface area contributed by atoms with Crippen molar-refractivity contribution in [1.29, 1.82) is 0 Å². The molecule has 1 aliphatic carbocycles. The molecule has 1 heterocycles. The van der Waals surface area contributed by atoms with E-state index in [1.165, 1.54) is 18.5 Å². The molecule has 0 saturated carbocycles. The fourth-order valence-electron chi connectivity index (χ4n) is 2.45. The number of carboxylic acid groups (broad SMARTS) is 1. The fraction of sp³-hybridized carbons (Fsp3) is 0.727. The van der Waals surface area contributed by atoms with Gasteiger partial charge >= 0.3 is 5.97 Å². The number of carboxylic acids is 1. The molecule has 2 rings (SSSR count). The molecule has 1 saturated heterocycles. The van der Waals surface area contributed by atoms with Gasteiger partial charge in [0.1, 0.15) is 6.04 Å². The molecule has 3 nitrogen and oxygen atoms in total. The molecule has 14 heavy (non-hydrogen) atoms. The van der Waals surface area contributed by atoms with E-state index in [2.05, 4.69) is 11.0 Å². The molecular weight excluding hydrogens is 178 g/mol. The third-order valence-electron chi connectivity index (χ3n) is 3.17. The van der Waals surface area contributed by atoms with Crippen LogP contribution in [0.25, 0.3) is 0 Å². The SMILES string of the molecule is O=C(O)C1CCCN1C1=CCCCC1. The van der Waals surface area contributed by atoms with E-state index in [4.69, 9.17) is 5.11 Å². The molecule has 0 aromatic rings. The Labute approximate surface area is 84.4 Å². The van der Waals surface area contributed by atoms with Crippen LogP contribution in [-0.4, -0.2) is 28.6 Å². The molecule has 0 amide bonds. The second-order valence-electron chi connectivity index (χ2n) is 4.13. The Morgan fingerprint density at radius 2 is 2.29 bits per heavy atom. The van der Waals surface area contributed by atoms with Crippen LogP contribution in [0, 0.1) is 0 Å². The standard InChI is InChI=1S/C11H17NO2/c13-11(14)10-7-4-8-12(10)9-5-2-1-3-6-9/h5,10H,1-4,6-8H2,(H,13,14). The number of aliphatic carboxylic acids is 1. The Kier molecular flexibility index (Phi) is 2.75. The first-order chi connectivity index (χ1) is 6.79. The van der Waals surface area contributed by atoms with Crippen molar-refractivity contribution in [3.63, 3.8) is 0 Å². The number of hydrogen-bond acceptors (Lipinski definition) is 2. The predicted octanol–water partition coefficient (Wildman–Crippen LogP) is 1.99. The number of rotatable bonds is 2. The monoisotopic (exact) mass is 195 g/mol. The predicted molar refractivity (Wildman–Crippen MR) is 53.9 cm³/mol. The van der Waals surface area contributed by atoms with E-state index < -0.39 is 5.97 Å². The normalized spacial score (nSPS) is 27.6. The number of hydrogen-bond donors (Lipinski definition) is 1. The smallest absolute Gasteiger partial charge is 0.326 e. The lowest BCUT2D eigenvalue weighted by Crippen LogP contribution is -2.35. The van der Waals surface area contributed by atoms with Gasteiger partial charge in [0, 0.05) is 12.2 Å². The van der Waals surface area contributed by atoms with E-state index in [9.17, 15) is 4.79 Å². The molecule has 0 spiro atoms. The van der Waals surface area contributed by atoms with E-state index in [-0.39, 0.29) is 6.04 Å². The molecule has 78 valence electrons. The lowest BCUT2D eigenvalue weighted by molar-refractivity contribution is -0.141. The van der Waals surface area contributed by atoms with E-state index in [1.54, 1.807) is 0 Å². The van der Waals surface area contributed by atoms with Crippen LogP contribution in [0.1, 0.15) is 38.5 Å². The topological polar surface area (TPSA) is 40.5 Å². The average Bonchev–Trinajstić information content (AvgIpc) is 2.67. The van der Waals surface area contributed by atoms with Crippen LogP contribution in [-0.2, 0) is 4.79 Å². The highest BCUT2D eigenvalue weighted by molar-refractivity contribution is 5.74. The second-order valence-corrected chi connectivity index (χ2v) is 4.13. The van der Waals surface area contributed by atoms with Crippen molar-refractivity contribution in [3.8, 4) is 0 Å². The summed E-state index contributed by atoms with van der Waals surface area (Å²) in [5.41, 5.74) is 1.28. The van der Waals surface area contributed by atoms with Crippen molar-refractivity contribution in [2.24, 2.45) is 0 Å². The largest absolute Gasteiger partial charge is 0.480 e. The molecule has 1 unspecified atom stereocenters. The Morgan fingerprint density at radius 1 is 1.43 bits per heavy atom. The molecule has 0 radical (unpaired) electrons. The lowest BCUT2D eigenvalue weighted by atomic mass is 10.0. The Hall–Kier alpha value is -0.990.